The smallest absolute Gasteiger partial charge is 0.258 e. The number of aliphatic imine (C=N–C) groups is 1. The van der Waals surface area contributed by atoms with Crippen LogP contribution in [0.5, 0.6) is 0 Å². The van der Waals surface area contributed by atoms with Crippen molar-refractivity contribution >= 4 is 28.6 Å². The van der Waals surface area contributed by atoms with Gasteiger partial charge in [0, 0.05) is 30.7 Å². The van der Waals surface area contributed by atoms with Crippen LogP contribution in [0.1, 0.15) is 23.7 Å². The van der Waals surface area contributed by atoms with Crippen molar-refractivity contribution in [1.29, 1.82) is 0 Å². The fourth-order valence-corrected chi connectivity index (χ4v) is 2.64. The summed E-state index contributed by atoms with van der Waals surface area (Å²) in [6, 6.07) is 7.26. The molecule has 1 heterocycles. The maximum atomic E-state index is 13.9. The number of carbonyl (C=O) groups is 1. The summed E-state index contributed by atoms with van der Waals surface area (Å²) in [5.41, 5.74) is 0.110. The van der Waals surface area contributed by atoms with E-state index in [1.165, 1.54) is 12.1 Å². The van der Waals surface area contributed by atoms with E-state index in [4.69, 9.17) is 4.74 Å². The highest BCUT2D eigenvalue weighted by Crippen LogP contribution is 2.22. The zero-order valence-corrected chi connectivity index (χ0v) is 16.1. The molecule has 0 saturated heterocycles. The zero-order valence-electron chi connectivity index (χ0n) is 16.1. The molecular weight excluding hydrogens is 399 g/mol. The normalized spacial score (nSPS) is 11.7. The highest BCUT2D eigenvalue weighted by Gasteiger charge is 2.15. The second kappa shape index (κ2) is 9.88. The van der Waals surface area contributed by atoms with E-state index in [1.54, 1.807) is 6.07 Å². The highest BCUT2D eigenvalue weighted by atomic mass is 19.2. The molecule has 10 heteroatoms. The second-order valence-electron chi connectivity index (χ2n) is 6.22. The molecule has 0 radical (unpaired) electrons. The first kappa shape index (κ1) is 21.3. The average Bonchev–Trinajstić information content (AvgIpc) is 3.14. The number of H-pyrrole nitrogens is 1. The van der Waals surface area contributed by atoms with Crippen LogP contribution in [-0.4, -0.2) is 41.8 Å². The summed E-state index contributed by atoms with van der Waals surface area (Å²) in [5, 5.41) is 12.4. The van der Waals surface area contributed by atoms with E-state index >= 15 is 0 Å². The van der Waals surface area contributed by atoms with Crippen LogP contribution in [0.3, 0.4) is 0 Å². The molecule has 1 aromatic heterocycles. The van der Waals surface area contributed by atoms with Crippen molar-refractivity contribution in [2.24, 2.45) is 4.99 Å². The van der Waals surface area contributed by atoms with Crippen LogP contribution >= 0.6 is 0 Å². The number of ether oxygens (including phenoxy) is 1. The predicted molar refractivity (Wildman–Crippen MR) is 107 cm³/mol. The van der Waals surface area contributed by atoms with Gasteiger partial charge in [-0.1, -0.05) is 6.07 Å². The number of benzene rings is 2. The SMILES string of the molecule is CCOCCCN=C(NC(=O)c1ccc(F)c(F)c1)Nc1n[nH]c2c(F)cccc12. The largest absolute Gasteiger partial charge is 0.382 e. The van der Waals surface area contributed by atoms with E-state index < -0.39 is 23.4 Å². The van der Waals surface area contributed by atoms with Gasteiger partial charge in [-0.2, -0.15) is 5.10 Å². The molecule has 0 bridgehead atoms. The lowest BCUT2D eigenvalue weighted by atomic mass is 10.2. The lowest BCUT2D eigenvalue weighted by Gasteiger charge is -2.11. The van der Waals surface area contributed by atoms with Crippen molar-refractivity contribution in [2.45, 2.75) is 13.3 Å². The number of aromatic amines is 1. The van der Waals surface area contributed by atoms with Crippen LogP contribution in [0.25, 0.3) is 10.9 Å². The van der Waals surface area contributed by atoms with Gasteiger partial charge in [-0.25, -0.2) is 13.2 Å². The maximum absolute atomic E-state index is 13.9. The van der Waals surface area contributed by atoms with Crippen molar-refractivity contribution < 1.29 is 22.7 Å². The molecule has 7 nitrogen and oxygen atoms in total. The minimum absolute atomic E-state index is 0.0268. The quantitative estimate of drug-likeness (QED) is 0.310. The number of carbonyl (C=O) groups excluding carboxylic acids is 1. The lowest BCUT2D eigenvalue weighted by Crippen LogP contribution is -2.36. The Bertz CT molecular complexity index is 1070. The summed E-state index contributed by atoms with van der Waals surface area (Å²) in [5.74, 6) is -3.10. The number of halogens is 3. The van der Waals surface area contributed by atoms with Crippen molar-refractivity contribution in [3.05, 3.63) is 59.4 Å². The van der Waals surface area contributed by atoms with Crippen LogP contribution in [-0.2, 0) is 4.74 Å². The minimum Gasteiger partial charge on any atom is -0.382 e. The Kier molecular flexibility index (Phi) is 7.02. The third-order valence-electron chi connectivity index (χ3n) is 4.12. The van der Waals surface area contributed by atoms with Gasteiger partial charge < -0.3 is 10.1 Å². The van der Waals surface area contributed by atoms with Gasteiger partial charge in [0.25, 0.3) is 5.91 Å². The molecule has 3 N–H and O–H groups in total. The number of guanidine groups is 1. The summed E-state index contributed by atoms with van der Waals surface area (Å²) in [4.78, 5) is 16.7. The number of amides is 1. The molecule has 0 atom stereocenters. The molecule has 0 aliphatic rings. The molecule has 0 aliphatic carbocycles. The van der Waals surface area contributed by atoms with Gasteiger partial charge in [-0.05, 0) is 43.7 Å². The summed E-state index contributed by atoms with van der Waals surface area (Å²) in [7, 11) is 0. The highest BCUT2D eigenvalue weighted by molar-refractivity contribution is 6.11. The minimum atomic E-state index is -1.14. The summed E-state index contributed by atoms with van der Waals surface area (Å²) in [6.07, 6.45) is 0.593. The molecule has 158 valence electrons. The first-order chi connectivity index (χ1) is 14.5. The molecule has 0 unspecified atom stereocenters. The maximum Gasteiger partial charge on any atom is 0.258 e. The first-order valence-electron chi connectivity index (χ1n) is 9.27. The molecule has 30 heavy (non-hydrogen) atoms. The van der Waals surface area contributed by atoms with Gasteiger partial charge in [-0.15, -0.1) is 0 Å². The van der Waals surface area contributed by atoms with E-state index in [9.17, 15) is 18.0 Å². The number of para-hydroxylation sites is 1. The van der Waals surface area contributed by atoms with Crippen LogP contribution in [0, 0.1) is 17.5 Å². The third kappa shape index (κ3) is 5.15. The van der Waals surface area contributed by atoms with Crippen LogP contribution in [0.4, 0.5) is 19.0 Å². The fourth-order valence-electron chi connectivity index (χ4n) is 2.64. The Morgan fingerprint density at radius 2 is 2.00 bits per heavy atom. The standard InChI is InChI=1S/C20H20F3N5O2/c1-2-30-10-4-9-24-20(26-19(29)12-7-8-14(21)16(23)11-12)25-18-13-5-3-6-15(22)17(13)27-28-18/h3,5-8,11H,2,4,9-10H2,1H3,(H3,24,25,26,27,28,29). The number of hydrogen-bond acceptors (Lipinski definition) is 4. The summed E-state index contributed by atoms with van der Waals surface area (Å²) in [6.45, 7) is 3.25. The number of hydrogen-bond donors (Lipinski definition) is 3. The molecule has 0 fully saturated rings. The van der Waals surface area contributed by atoms with Gasteiger partial charge in [0.15, 0.2) is 17.5 Å². The number of nitrogens with one attached hydrogen (secondary N) is 3. The monoisotopic (exact) mass is 419 g/mol. The molecule has 1 amide bonds. The van der Waals surface area contributed by atoms with E-state index in [2.05, 4.69) is 25.8 Å². The number of anilines is 1. The third-order valence-corrected chi connectivity index (χ3v) is 4.12. The average molecular weight is 419 g/mol. The zero-order chi connectivity index (χ0) is 21.5. The Balaban J connectivity index is 1.80. The summed E-state index contributed by atoms with van der Waals surface area (Å²) >= 11 is 0. The Morgan fingerprint density at radius 1 is 1.17 bits per heavy atom. The van der Waals surface area contributed by atoms with Gasteiger partial charge in [-0.3, -0.25) is 20.2 Å². The van der Waals surface area contributed by atoms with Crippen molar-refractivity contribution in [2.75, 3.05) is 25.1 Å². The lowest BCUT2D eigenvalue weighted by molar-refractivity contribution is 0.0976. The molecule has 0 saturated carbocycles. The fraction of sp³-hybridized carbons (Fsp3) is 0.250. The second-order valence-corrected chi connectivity index (χ2v) is 6.22. The number of aromatic nitrogens is 2. The van der Waals surface area contributed by atoms with E-state index in [-0.39, 0.29) is 22.9 Å². The number of rotatable bonds is 7. The van der Waals surface area contributed by atoms with Crippen LogP contribution < -0.4 is 10.6 Å². The van der Waals surface area contributed by atoms with E-state index in [1.807, 2.05) is 6.92 Å². The molecule has 2 aromatic carbocycles. The number of nitrogens with zero attached hydrogens (tertiary/aromatic N) is 2. The van der Waals surface area contributed by atoms with Gasteiger partial charge >= 0.3 is 0 Å². The topological polar surface area (TPSA) is 91.4 Å². The molecule has 3 rings (SSSR count). The van der Waals surface area contributed by atoms with E-state index in [0.29, 0.717) is 31.6 Å². The van der Waals surface area contributed by atoms with Crippen molar-refractivity contribution in [3.63, 3.8) is 0 Å². The molecular formula is C20H20F3N5O2. The van der Waals surface area contributed by atoms with Gasteiger partial charge in [0.05, 0.1) is 0 Å². The summed E-state index contributed by atoms with van der Waals surface area (Å²) < 4.78 is 45.7. The van der Waals surface area contributed by atoms with E-state index in [0.717, 1.165) is 18.2 Å². The molecule has 0 aliphatic heterocycles. The first-order valence-corrected chi connectivity index (χ1v) is 9.27. The Morgan fingerprint density at radius 3 is 2.77 bits per heavy atom. The van der Waals surface area contributed by atoms with Crippen LogP contribution in [0.15, 0.2) is 41.4 Å². The predicted octanol–water partition coefficient (Wildman–Crippen LogP) is 3.60. The van der Waals surface area contributed by atoms with Crippen molar-refractivity contribution in [1.82, 2.24) is 15.5 Å². The van der Waals surface area contributed by atoms with Crippen molar-refractivity contribution in [3.8, 4) is 0 Å². The Labute approximate surface area is 170 Å². The van der Waals surface area contributed by atoms with Crippen LogP contribution in [0.2, 0.25) is 0 Å². The molecule has 0 spiro atoms. The molecule has 3 aromatic rings. The Hall–Kier alpha value is -3.40. The number of fused-ring (bicyclic) bond motifs is 1. The van der Waals surface area contributed by atoms with Gasteiger partial charge in [0.2, 0.25) is 5.96 Å². The van der Waals surface area contributed by atoms with Gasteiger partial charge in [0.1, 0.15) is 11.3 Å².